The quantitative estimate of drug-likeness (QED) is 0.493. The lowest BCUT2D eigenvalue weighted by molar-refractivity contribution is -0.384. The van der Waals surface area contributed by atoms with E-state index in [0.29, 0.717) is 5.02 Å². The Kier molecular flexibility index (Phi) is 7.08. The summed E-state index contributed by atoms with van der Waals surface area (Å²) in [5.74, 6) is -0.317. The third kappa shape index (κ3) is 5.88. The Morgan fingerprint density at radius 3 is 1.73 bits per heavy atom. The van der Waals surface area contributed by atoms with E-state index >= 15 is 0 Å². The number of nitrogens with zero attached hydrogens (tertiary/aromatic N) is 2. The minimum Gasteiger partial charge on any atom is -0.312 e. The molecular weight excluding hydrogens is 298 g/mol. The van der Waals surface area contributed by atoms with Crippen LogP contribution in [0.5, 0.6) is 0 Å². The lowest BCUT2D eigenvalue weighted by atomic mass is 9.76. The minimum atomic E-state index is -0.433. The van der Waals surface area contributed by atoms with Crippen molar-refractivity contribution in [2.75, 3.05) is 21.1 Å². The molecule has 0 spiro atoms. The van der Waals surface area contributed by atoms with Crippen LogP contribution in [0.1, 0.15) is 16.9 Å². The van der Waals surface area contributed by atoms with E-state index in [4.69, 9.17) is 19.4 Å². The maximum absolute atomic E-state index is 10.5. The average molecular weight is 317 g/mol. The van der Waals surface area contributed by atoms with Crippen LogP contribution in [0.15, 0.2) is 48.5 Å². The molecule has 0 saturated heterocycles. The number of hydrogen-bond donors (Lipinski definition) is 0. The van der Waals surface area contributed by atoms with Gasteiger partial charge in [-0.1, -0.05) is 35.9 Å². The molecule has 2 aromatic carbocycles. The highest BCUT2D eigenvalue weighted by Crippen LogP contribution is 2.24. The number of rotatable bonds is 3. The zero-order chi connectivity index (χ0) is 16.7. The van der Waals surface area contributed by atoms with Gasteiger partial charge in [-0.2, -0.15) is 0 Å². The second kappa shape index (κ2) is 8.56. The van der Waals surface area contributed by atoms with Crippen molar-refractivity contribution in [2.24, 2.45) is 0 Å². The molecule has 0 fully saturated rings. The highest BCUT2D eigenvalue weighted by molar-refractivity contribution is 6.30. The molecule has 0 aliphatic carbocycles. The predicted molar refractivity (Wildman–Crippen MR) is 91.8 cm³/mol. The van der Waals surface area contributed by atoms with Gasteiger partial charge in [0.1, 0.15) is 0 Å². The number of nitro groups is 1. The van der Waals surface area contributed by atoms with Gasteiger partial charge in [0.15, 0.2) is 0 Å². The second-order valence-corrected chi connectivity index (χ2v) is 5.66. The van der Waals surface area contributed by atoms with Gasteiger partial charge in [-0.15, -0.1) is 0 Å². The van der Waals surface area contributed by atoms with Gasteiger partial charge in [0.05, 0.1) is 12.8 Å². The first-order valence-electron chi connectivity index (χ1n) is 6.67. The molecule has 2 rings (SSSR count). The largest absolute Gasteiger partial charge is 0.312 e. The molecule has 0 heterocycles. The molecule has 114 valence electrons. The highest BCUT2D eigenvalue weighted by Gasteiger charge is 2.10. The smallest absolute Gasteiger partial charge is 0.269 e. The van der Waals surface area contributed by atoms with Gasteiger partial charge in [0, 0.05) is 17.2 Å². The number of nitro benzene ring substituents is 1. The van der Waals surface area contributed by atoms with Crippen molar-refractivity contribution in [3.05, 3.63) is 74.8 Å². The van der Waals surface area contributed by atoms with Crippen molar-refractivity contribution in [1.29, 1.82) is 0 Å². The monoisotopic (exact) mass is 316 g/mol. The van der Waals surface area contributed by atoms with Gasteiger partial charge in [-0.25, -0.2) is 0 Å². The molecule has 0 aromatic heterocycles. The van der Waals surface area contributed by atoms with Crippen LogP contribution in [-0.4, -0.2) is 38.8 Å². The Morgan fingerprint density at radius 1 is 1.00 bits per heavy atom. The Hall–Kier alpha value is -1.85. The van der Waals surface area contributed by atoms with Crippen molar-refractivity contribution in [2.45, 2.75) is 5.82 Å². The zero-order valence-electron chi connectivity index (χ0n) is 12.9. The molecule has 2 radical (unpaired) electrons. The summed E-state index contributed by atoms with van der Waals surface area (Å²) in [6, 6.07) is 13.4. The summed E-state index contributed by atoms with van der Waals surface area (Å²) in [5, 5.41) is 11.2. The summed E-state index contributed by atoms with van der Waals surface area (Å²) in [5.41, 5.74) is 1.79. The van der Waals surface area contributed by atoms with Crippen molar-refractivity contribution >= 4 is 25.1 Å². The fourth-order valence-electron chi connectivity index (χ4n) is 1.67. The lowest BCUT2D eigenvalue weighted by Crippen LogP contribution is -2.00. The summed E-state index contributed by atoms with van der Waals surface area (Å²) in [4.78, 5) is 12.1. The van der Waals surface area contributed by atoms with Gasteiger partial charge < -0.3 is 4.90 Å². The SMILES string of the molecule is CN(C)C.[B]C(c1ccc(Cl)cc1)c1ccc([N+](=O)[O-])cc1. The molecular formula is C16H18BClN2O2. The Bertz CT molecular complexity index is 598. The van der Waals surface area contributed by atoms with Crippen molar-refractivity contribution in [1.82, 2.24) is 4.90 Å². The van der Waals surface area contributed by atoms with E-state index in [9.17, 15) is 10.1 Å². The van der Waals surface area contributed by atoms with E-state index < -0.39 is 4.92 Å². The number of hydrogen-bond acceptors (Lipinski definition) is 3. The lowest BCUT2D eigenvalue weighted by Gasteiger charge is -2.12. The summed E-state index contributed by atoms with van der Waals surface area (Å²) in [6.45, 7) is 0. The number of benzene rings is 2. The maximum atomic E-state index is 10.5. The second-order valence-electron chi connectivity index (χ2n) is 5.22. The predicted octanol–water partition coefficient (Wildman–Crippen LogP) is 3.68. The van der Waals surface area contributed by atoms with Crippen LogP contribution < -0.4 is 0 Å². The van der Waals surface area contributed by atoms with E-state index in [1.807, 2.05) is 38.2 Å². The summed E-state index contributed by atoms with van der Waals surface area (Å²) in [7, 11) is 12.1. The van der Waals surface area contributed by atoms with E-state index in [0.717, 1.165) is 11.1 Å². The van der Waals surface area contributed by atoms with E-state index in [1.165, 1.54) is 12.1 Å². The number of halogens is 1. The molecule has 22 heavy (non-hydrogen) atoms. The van der Waals surface area contributed by atoms with Gasteiger partial charge in [-0.3, -0.25) is 10.1 Å². The summed E-state index contributed by atoms with van der Waals surface area (Å²) >= 11 is 5.80. The van der Waals surface area contributed by atoms with Gasteiger partial charge in [-0.05, 0) is 50.2 Å². The number of non-ortho nitro benzene ring substituents is 1. The third-order valence-electron chi connectivity index (χ3n) is 2.69. The molecule has 0 saturated carbocycles. The van der Waals surface area contributed by atoms with Crippen LogP contribution in [0.2, 0.25) is 5.02 Å². The van der Waals surface area contributed by atoms with Gasteiger partial charge >= 0.3 is 0 Å². The van der Waals surface area contributed by atoms with E-state index in [-0.39, 0.29) is 11.5 Å². The van der Waals surface area contributed by atoms with Crippen LogP contribution in [-0.2, 0) is 0 Å². The molecule has 0 aliphatic rings. The van der Waals surface area contributed by atoms with Crippen molar-refractivity contribution < 1.29 is 4.92 Å². The molecule has 0 N–H and O–H groups in total. The van der Waals surface area contributed by atoms with Crippen LogP contribution in [0.3, 0.4) is 0 Å². The zero-order valence-corrected chi connectivity index (χ0v) is 13.6. The summed E-state index contributed by atoms with van der Waals surface area (Å²) in [6.07, 6.45) is 0. The Balaban J connectivity index is 0.000000541. The molecule has 0 bridgehead atoms. The van der Waals surface area contributed by atoms with E-state index in [1.54, 1.807) is 24.3 Å². The van der Waals surface area contributed by atoms with Gasteiger partial charge in [0.25, 0.3) is 5.69 Å². The molecule has 0 aliphatic heterocycles. The third-order valence-corrected chi connectivity index (χ3v) is 2.94. The van der Waals surface area contributed by atoms with Crippen LogP contribution >= 0.6 is 11.6 Å². The van der Waals surface area contributed by atoms with E-state index in [2.05, 4.69) is 0 Å². The van der Waals surface area contributed by atoms with Crippen LogP contribution in [0.25, 0.3) is 0 Å². The van der Waals surface area contributed by atoms with Crippen LogP contribution in [0.4, 0.5) is 5.69 Å². The maximum Gasteiger partial charge on any atom is 0.269 e. The first-order chi connectivity index (χ1) is 10.3. The summed E-state index contributed by atoms with van der Waals surface area (Å²) < 4.78 is 0. The molecule has 0 amide bonds. The Labute approximate surface area is 137 Å². The first-order valence-corrected chi connectivity index (χ1v) is 7.05. The fourth-order valence-corrected chi connectivity index (χ4v) is 1.79. The molecule has 6 heteroatoms. The van der Waals surface area contributed by atoms with Crippen molar-refractivity contribution in [3.63, 3.8) is 0 Å². The average Bonchev–Trinajstić information content (AvgIpc) is 2.47. The minimum absolute atomic E-state index is 0.0575. The molecule has 1 atom stereocenters. The molecule has 4 nitrogen and oxygen atoms in total. The normalized spacial score (nSPS) is 11.5. The molecule has 2 aromatic rings. The van der Waals surface area contributed by atoms with Gasteiger partial charge in [0.2, 0.25) is 0 Å². The van der Waals surface area contributed by atoms with Crippen LogP contribution in [0, 0.1) is 10.1 Å². The fraction of sp³-hybridized carbons (Fsp3) is 0.250. The standard InChI is InChI=1S/C13H9BClNO2.C3H9N/c14-13(9-1-5-11(15)6-2-9)10-3-7-12(8-4-10)16(17)18;1-4(2)3/h1-8,13H;1-3H3. The van der Waals surface area contributed by atoms with Crippen molar-refractivity contribution in [3.8, 4) is 0 Å². The highest BCUT2D eigenvalue weighted by atomic mass is 35.5. The molecule has 1 unspecified atom stereocenters. The topological polar surface area (TPSA) is 46.4 Å². The Morgan fingerprint density at radius 2 is 1.36 bits per heavy atom. The first kappa shape index (κ1) is 18.2.